The van der Waals surface area contributed by atoms with Crippen LogP contribution in [0.2, 0.25) is 0 Å². The van der Waals surface area contributed by atoms with Crippen molar-refractivity contribution >= 4 is 22.5 Å². The minimum absolute atomic E-state index is 0.127. The molecule has 0 unspecified atom stereocenters. The monoisotopic (exact) mass is 473 g/mol. The molecular weight excluding hydrogens is 438 g/mol. The normalized spacial score (nSPS) is 18.6. The Kier molecular flexibility index (Phi) is 6.32. The van der Waals surface area contributed by atoms with Gasteiger partial charge < -0.3 is 10.2 Å². The molecule has 3 heterocycles. The van der Waals surface area contributed by atoms with Crippen LogP contribution in [-0.2, 0) is 4.79 Å². The minimum Gasteiger partial charge on any atom is -0.348 e. The molecule has 1 aliphatic carbocycles. The van der Waals surface area contributed by atoms with Crippen molar-refractivity contribution in [3.8, 4) is 11.1 Å². The van der Waals surface area contributed by atoms with Crippen LogP contribution in [0.15, 0.2) is 30.7 Å². The summed E-state index contributed by atoms with van der Waals surface area (Å²) in [6, 6.07) is 7.16. The SMILES string of the molecule is Cc1cc(-c2cc3n[nH]c(C4CCC(NCC(=O)N(C)C)CC4)c3cc2C(C)C)cn2ncnc12. The van der Waals surface area contributed by atoms with E-state index >= 15 is 0 Å². The van der Waals surface area contributed by atoms with Crippen molar-refractivity contribution in [2.24, 2.45) is 0 Å². The molecule has 1 aromatic carbocycles. The van der Waals surface area contributed by atoms with Crippen LogP contribution in [0, 0.1) is 6.92 Å². The number of aromatic nitrogens is 5. The number of H-pyrrole nitrogens is 1. The summed E-state index contributed by atoms with van der Waals surface area (Å²) in [5.41, 5.74) is 7.90. The highest BCUT2D eigenvalue weighted by atomic mass is 16.2. The summed E-state index contributed by atoms with van der Waals surface area (Å²) in [5, 5.41) is 17.2. The molecule has 0 saturated heterocycles. The van der Waals surface area contributed by atoms with E-state index in [1.54, 1.807) is 25.3 Å². The van der Waals surface area contributed by atoms with Crippen molar-refractivity contribution in [2.45, 2.75) is 64.3 Å². The van der Waals surface area contributed by atoms with Crippen LogP contribution in [0.3, 0.4) is 0 Å². The third-order valence-corrected chi connectivity index (χ3v) is 7.42. The number of hydrogen-bond donors (Lipinski definition) is 2. The average Bonchev–Trinajstić information content (AvgIpc) is 3.49. The molecule has 2 N–H and O–H groups in total. The topological polar surface area (TPSA) is 91.2 Å². The van der Waals surface area contributed by atoms with Gasteiger partial charge in [0.25, 0.3) is 0 Å². The molecular formula is C27H35N7O. The summed E-state index contributed by atoms with van der Waals surface area (Å²) in [5.74, 6) is 0.960. The van der Waals surface area contributed by atoms with E-state index in [0.29, 0.717) is 24.4 Å². The second-order valence-corrected chi connectivity index (χ2v) is 10.4. The first-order valence-corrected chi connectivity index (χ1v) is 12.6. The molecule has 0 aliphatic heterocycles. The molecule has 1 aliphatic rings. The van der Waals surface area contributed by atoms with E-state index in [1.165, 1.54) is 22.2 Å². The summed E-state index contributed by atoms with van der Waals surface area (Å²) in [6.45, 7) is 6.99. The lowest BCUT2D eigenvalue weighted by Crippen LogP contribution is -2.40. The van der Waals surface area contributed by atoms with Gasteiger partial charge in [-0.2, -0.15) is 10.2 Å². The van der Waals surface area contributed by atoms with Gasteiger partial charge in [0.15, 0.2) is 5.65 Å². The number of aryl methyl sites for hydroxylation is 1. The van der Waals surface area contributed by atoms with Crippen LogP contribution >= 0.6 is 0 Å². The quantitative estimate of drug-likeness (QED) is 0.433. The summed E-state index contributed by atoms with van der Waals surface area (Å²) in [7, 11) is 3.60. The number of likely N-dealkylation sites (N-methyl/N-ethyl adjacent to an activating group) is 1. The van der Waals surface area contributed by atoms with E-state index in [2.05, 4.69) is 65.7 Å². The van der Waals surface area contributed by atoms with Crippen molar-refractivity contribution in [3.63, 3.8) is 0 Å². The van der Waals surface area contributed by atoms with E-state index in [4.69, 9.17) is 5.10 Å². The fourth-order valence-electron chi connectivity index (χ4n) is 5.35. The lowest BCUT2D eigenvalue weighted by Gasteiger charge is -2.29. The van der Waals surface area contributed by atoms with Gasteiger partial charge in [-0.05, 0) is 73.4 Å². The van der Waals surface area contributed by atoms with Gasteiger partial charge in [-0.1, -0.05) is 13.8 Å². The summed E-state index contributed by atoms with van der Waals surface area (Å²) < 4.78 is 1.85. The van der Waals surface area contributed by atoms with Gasteiger partial charge in [-0.3, -0.25) is 9.89 Å². The van der Waals surface area contributed by atoms with E-state index in [1.807, 2.05) is 4.52 Å². The summed E-state index contributed by atoms with van der Waals surface area (Å²) in [4.78, 5) is 17.9. The zero-order valence-electron chi connectivity index (χ0n) is 21.3. The highest BCUT2D eigenvalue weighted by Crippen LogP contribution is 2.39. The third kappa shape index (κ3) is 4.55. The number of rotatable bonds is 6. The van der Waals surface area contributed by atoms with Crippen LogP contribution in [0.1, 0.15) is 68.2 Å². The molecule has 1 amide bonds. The molecule has 35 heavy (non-hydrogen) atoms. The molecule has 1 fully saturated rings. The lowest BCUT2D eigenvalue weighted by molar-refractivity contribution is -0.127. The molecule has 0 radical (unpaired) electrons. The first-order chi connectivity index (χ1) is 16.8. The van der Waals surface area contributed by atoms with Crippen molar-refractivity contribution in [1.82, 2.24) is 35.0 Å². The van der Waals surface area contributed by atoms with Crippen molar-refractivity contribution in [2.75, 3.05) is 20.6 Å². The van der Waals surface area contributed by atoms with Crippen LogP contribution in [0.5, 0.6) is 0 Å². The largest absolute Gasteiger partial charge is 0.348 e. The third-order valence-electron chi connectivity index (χ3n) is 7.42. The Labute approximate surface area is 206 Å². The predicted molar refractivity (Wildman–Crippen MR) is 139 cm³/mol. The van der Waals surface area contributed by atoms with Crippen LogP contribution in [0.4, 0.5) is 0 Å². The average molecular weight is 474 g/mol. The molecule has 0 spiro atoms. The number of nitrogens with zero attached hydrogens (tertiary/aromatic N) is 5. The lowest BCUT2D eigenvalue weighted by atomic mass is 9.82. The van der Waals surface area contributed by atoms with Crippen molar-refractivity contribution < 1.29 is 4.79 Å². The molecule has 4 aromatic rings. The molecule has 3 aromatic heterocycles. The zero-order valence-corrected chi connectivity index (χ0v) is 21.3. The van der Waals surface area contributed by atoms with Crippen LogP contribution < -0.4 is 5.32 Å². The molecule has 0 bridgehead atoms. The van der Waals surface area contributed by atoms with Crippen LogP contribution in [-0.4, -0.2) is 62.3 Å². The Bertz CT molecular complexity index is 1360. The van der Waals surface area contributed by atoms with Gasteiger partial charge >= 0.3 is 0 Å². The highest BCUT2D eigenvalue weighted by Gasteiger charge is 2.26. The van der Waals surface area contributed by atoms with Gasteiger partial charge in [0, 0.05) is 48.9 Å². The zero-order chi connectivity index (χ0) is 24.7. The first kappa shape index (κ1) is 23.5. The summed E-state index contributed by atoms with van der Waals surface area (Å²) in [6.07, 6.45) is 7.97. The second kappa shape index (κ2) is 9.41. The number of hydrogen-bond acceptors (Lipinski definition) is 5. The molecule has 8 nitrogen and oxygen atoms in total. The number of fused-ring (bicyclic) bond motifs is 2. The Morgan fingerprint density at radius 2 is 1.97 bits per heavy atom. The number of carbonyl (C=O) groups is 1. The van der Waals surface area contributed by atoms with Gasteiger partial charge in [-0.15, -0.1) is 0 Å². The maximum atomic E-state index is 11.9. The van der Waals surface area contributed by atoms with E-state index in [9.17, 15) is 4.79 Å². The van der Waals surface area contributed by atoms with E-state index in [-0.39, 0.29) is 5.91 Å². The van der Waals surface area contributed by atoms with Gasteiger partial charge in [0.1, 0.15) is 6.33 Å². The highest BCUT2D eigenvalue weighted by molar-refractivity contribution is 5.89. The van der Waals surface area contributed by atoms with Crippen molar-refractivity contribution in [1.29, 1.82) is 0 Å². The first-order valence-electron chi connectivity index (χ1n) is 12.6. The molecule has 1 saturated carbocycles. The molecule has 5 rings (SSSR count). The number of nitrogens with one attached hydrogen (secondary N) is 2. The number of pyridine rings is 1. The number of carbonyl (C=O) groups excluding carboxylic acids is 1. The predicted octanol–water partition coefficient (Wildman–Crippen LogP) is 4.41. The molecule has 184 valence electrons. The van der Waals surface area contributed by atoms with Crippen LogP contribution in [0.25, 0.3) is 27.7 Å². The second-order valence-electron chi connectivity index (χ2n) is 10.4. The summed E-state index contributed by atoms with van der Waals surface area (Å²) >= 11 is 0. The Balaban J connectivity index is 1.41. The Hall–Kier alpha value is -3.26. The van der Waals surface area contributed by atoms with Gasteiger partial charge in [-0.25, -0.2) is 9.50 Å². The number of amides is 1. The Morgan fingerprint density at radius 3 is 2.69 bits per heavy atom. The molecule has 8 heteroatoms. The fourth-order valence-corrected chi connectivity index (χ4v) is 5.35. The Morgan fingerprint density at radius 1 is 1.20 bits per heavy atom. The minimum atomic E-state index is 0.127. The number of benzene rings is 1. The maximum Gasteiger partial charge on any atom is 0.236 e. The van der Waals surface area contributed by atoms with E-state index < -0.39 is 0 Å². The van der Waals surface area contributed by atoms with Gasteiger partial charge in [0.05, 0.1) is 12.1 Å². The van der Waals surface area contributed by atoms with Crippen molar-refractivity contribution in [3.05, 3.63) is 47.5 Å². The maximum absolute atomic E-state index is 11.9. The molecule has 0 atom stereocenters. The standard InChI is InChI=1S/C27H35N7O/c1-16(2)21-11-23-24(12-22(21)19-10-17(3)27-29-15-30-34(27)14-19)31-32-26(23)18-6-8-20(9-7-18)28-13-25(35)33(4)5/h10-12,14-16,18,20,28H,6-9,13H2,1-5H3,(H,31,32). The van der Waals surface area contributed by atoms with Gasteiger partial charge in [0.2, 0.25) is 5.91 Å². The fraction of sp³-hybridized carbons (Fsp3) is 0.481. The smallest absolute Gasteiger partial charge is 0.236 e. The number of aromatic amines is 1. The van der Waals surface area contributed by atoms with E-state index in [0.717, 1.165) is 48.0 Å².